The Balaban J connectivity index is 1.46. The highest BCUT2D eigenvalue weighted by molar-refractivity contribution is 5.82. The van der Waals surface area contributed by atoms with Crippen LogP contribution in [0.4, 0.5) is 0 Å². The summed E-state index contributed by atoms with van der Waals surface area (Å²) in [5, 5.41) is 3.50. The van der Waals surface area contributed by atoms with Crippen LogP contribution < -0.4 is 5.32 Å². The minimum absolute atomic E-state index is 0.00178. The fraction of sp³-hybridized carbons (Fsp3) is 0.913. The highest BCUT2D eigenvalue weighted by Crippen LogP contribution is 2.18. The lowest BCUT2D eigenvalue weighted by Crippen LogP contribution is -2.57. The predicted octanol–water partition coefficient (Wildman–Crippen LogP) is 1.70. The lowest BCUT2D eigenvalue weighted by atomic mass is 9.97. The summed E-state index contributed by atoms with van der Waals surface area (Å²) in [6.07, 6.45) is 6.11. The molecule has 0 aliphatic carbocycles. The highest BCUT2D eigenvalue weighted by Gasteiger charge is 2.30. The number of rotatable bonds is 7. The maximum atomic E-state index is 12.7. The zero-order valence-corrected chi connectivity index (χ0v) is 19.6. The third-order valence-electron chi connectivity index (χ3n) is 7.02. The van der Waals surface area contributed by atoms with Crippen molar-refractivity contribution in [2.45, 2.75) is 58.9 Å². The maximum Gasteiger partial charge on any atom is 0.239 e. The van der Waals surface area contributed by atoms with Crippen LogP contribution >= 0.6 is 0 Å². The lowest BCUT2D eigenvalue weighted by molar-refractivity contribution is -0.135. The molecule has 3 fully saturated rings. The van der Waals surface area contributed by atoms with Crippen LogP contribution in [0.1, 0.15) is 52.9 Å². The molecule has 172 valence electrons. The Morgan fingerprint density at radius 1 is 0.967 bits per heavy atom. The van der Waals surface area contributed by atoms with Crippen LogP contribution in [-0.4, -0.2) is 110 Å². The molecule has 0 aromatic heterocycles. The molecule has 1 unspecified atom stereocenters. The van der Waals surface area contributed by atoms with E-state index in [1.165, 1.54) is 38.9 Å². The molecule has 3 rings (SSSR count). The number of piperidine rings is 1. The number of piperazine rings is 1. The summed E-state index contributed by atoms with van der Waals surface area (Å²) in [5.74, 6) is 2.09. The van der Waals surface area contributed by atoms with E-state index in [4.69, 9.17) is 4.99 Å². The van der Waals surface area contributed by atoms with E-state index >= 15 is 0 Å². The average molecular weight is 421 g/mol. The van der Waals surface area contributed by atoms with E-state index in [0.717, 1.165) is 71.2 Å². The summed E-state index contributed by atoms with van der Waals surface area (Å²) < 4.78 is 0. The van der Waals surface area contributed by atoms with E-state index < -0.39 is 0 Å². The van der Waals surface area contributed by atoms with Gasteiger partial charge < -0.3 is 20.0 Å². The van der Waals surface area contributed by atoms with Gasteiger partial charge in [-0.3, -0.25) is 14.7 Å². The number of nitrogens with zero attached hydrogens (tertiary/aromatic N) is 5. The molecule has 1 amide bonds. The number of guanidine groups is 1. The molecule has 3 aliphatic rings. The molecule has 30 heavy (non-hydrogen) atoms. The number of carbonyl (C=O) groups excluding carboxylic acids is 1. The number of hydrogen-bond donors (Lipinski definition) is 1. The Labute approximate surface area is 183 Å². The number of hydrogen-bond acceptors (Lipinski definition) is 4. The van der Waals surface area contributed by atoms with Crippen LogP contribution in [0.25, 0.3) is 0 Å². The Morgan fingerprint density at radius 3 is 2.23 bits per heavy atom. The second-order valence-corrected chi connectivity index (χ2v) is 9.21. The minimum atomic E-state index is -0.00178. The highest BCUT2D eigenvalue weighted by atomic mass is 16.2. The summed E-state index contributed by atoms with van der Waals surface area (Å²) in [6.45, 7) is 17.7. The molecular weight excluding hydrogens is 376 g/mol. The predicted molar refractivity (Wildman–Crippen MR) is 124 cm³/mol. The molecule has 3 aliphatic heterocycles. The van der Waals surface area contributed by atoms with Crippen LogP contribution in [-0.2, 0) is 4.79 Å². The first-order valence-corrected chi connectivity index (χ1v) is 12.4. The van der Waals surface area contributed by atoms with Crippen molar-refractivity contribution in [3.8, 4) is 0 Å². The number of aliphatic imine (C=N–C) groups is 1. The minimum Gasteiger partial charge on any atom is -0.357 e. The van der Waals surface area contributed by atoms with E-state index in [1.54, 1.807) is 0 Å². The van der Waals surface area contributed by atoms with Gasteiger partial charge in [0.1, 0.15) is 0 Å². The van der Waals surface area contributed by atoms with Crippen molar-refractivity contribution >= 4 is 11.9 Å². The van der Waals surface area contributed by atoms with E-state index in [9.17, 15) is 4.79 Å². The molecule has 0 saturated carbocycles. The van der Waals surface area contributed by atoms with Gasteiger partial charge in [-0.15, -0.1) is 0 Å². The second kappa shape index (κ2) is 11.9. The topological polar surface area (TPSA) is 54.4 Å². The maximum absolute atomic E-state index is 12.7. The van der Waals surface area contributed by atoms with Crippen molar-refractivity contribution in [1.82, 2.24) is 24.9 Å². The SMILES string of the molecule is CCCN1CCC(CN=C(NCC)N2CCN(C(C)C(=O)N3CCCC3)CC2)CC1. The van der Waals surface area contributed by atoms with Crippen molar-refractivity contribution in [3.05, 3.63) is 0 Å². The molecule has 3 saturated heterocycles. The molecule has 7 nitrogen and oxygen atoms in total. The molecule has 1 N–H and O–H groups in total. The molecule has 0 radical (unpaired) electrons. The van der Waals surface area contributed by atoms with Gasteiger partial charge >= 0.3 is 0 Å². The average Bonchev–Trinajstić information content (AvgIpc) is 3.32. The van der Waals surface area contributed by atoms with Gasteiger partial charge in [0.25, 0.3) is 0 Å². The molecule has 0 spiro atoms. The van der Waals surface area contributed by atoms with Gasteiger partial charge in [0.15, 0.2) is 5.96 Å². The smallest absolute Gasteiger partial charge is 0.239 e. The van der Waals surface area contributed by atoms with Crippen molar-refractivity contribution in [2.75, 3.05) is 72.0 Å². The summed E-state index contributed by atoms with van der Waals surface area (Å²) in [6, 6.07) is -0.00178. The molecule has 0 bridgehead atoms. The van der Waals surface area contributed by atoms with E-state index in [0.29, 0.717) is 11.8 Å². The van der Waals surface area contributed by atoms with Gasteiger partial charge in [-0.25, -0.2) is 0 Å². The lowest BCUT2D eigenvalue weighted by Gasteiger charge is -2.39. The number of amides is 1. The van der Waals surface area contributed by atoms with Crippen LogP contribution in [0.15, 0.2) is 4.99 Å². The third-order valence-corrected chi connectivity index (χ3v) is 7.02. The van der Waals surface area contributed by atoms with Gasteiger partial charge in [0, 0.05) is 52.4 Å². The third kappa shape index (κ3) is 6.33. The molecule has 0 aromatic rings. The van der Waals surface area contributed by atoms with Crippen LogP contribution in [0, 0.1) is 5.92 Å². The van der Waals surface area contributed by atoms with Crippen molar-refractivity contribution < 1.29 is 4.79 Å². The first-order valence-electron chi connectivity index (χ1n) is 12.4. The molecular formula is C23H44N6O. The number of carbonyl (C=O) groups is 1. The second-order valence-electron chi connectivity index (χ2n) is 9.21. The summed E-state index contributed by atoms with van der Waals surface area (Å²) >= 11 is 0. The number of nitrogens with one attached hydrogen (secondary N) is 1. The largest absolute Gasteiger partial charge is 0.357 e. The van der Waals surface area contributed by atoms with E-state index in [2.05, 4.69) is 40.8 Å². The Kier molecular flexibility index (Phi) is 9.25. The van der Waals surface area contributed by atoms with Crippen molar-refractivity contribution in [3.63, 3.8) is 0 Å². The van der Waals surface area contributed by atoms with Crippen molar-refractivity contribution in [2.24, 2.45) is 10.9 Å². The Bertz CT molecular complexity index is 546. The van der Waals surface area contributed by atoms with Gasteiger partial charge in [-0.2, -0.15) is 0 Å². The van der Waals surface area contributed by atoms with Crippen LogP contribution in [0.2, 0.25) is 0 Å². The monoisotopic (exact) mass is 420 g/mol. The fourth-order valence-corrected chi connectivity index (χ4v) is 5.03. The van der Waals surface area contributed by atoms with Crippen LogP contribution in [0.5, 0.6) is 0 Å². The molecule has 1 atom stereocenters. The molecule has 3 heterocycles. The fourth-order valence-electron chi connectivity index (χ4n) is 5.03. The Hall–Kier alpha value is -1.34. The molecule has 0 aromatic carbocycles. The standard InChI is InChI=1S/C23H44N6O/c1-4-10-26-13-8-21(9-14-26)19-25-23(24-5-2)29-17-15-27(16-18-29)20(3)22(30)28-11-6-7-12-28/h20-21H,4-19H2,1-3H3,(H,24,25). The van der Waals surface area contributed by atoms with E-state index in [-0.39, 0.29) is 6.04 Å². The zero-order valence-electron chi connectivity index (χ0n) is 19.6. The summed E-state index contributed by atoms with van der Waals surface area (Å²) in [4.78, 5) is 27.1. The van der Waals surface area contributed by atoms with Gasteiger partial charge in [0.05, 0.1) is 6.04 Å². The van der Waals surface area contributed by atoms with Gasteiger partial charge in [0.2, 0.25) is 5.91 Å². The first-order chi connectivity index (χ1) is 14.6. The van der Waals surface area contributed by atoms with Crippen molar-refractivity contribution in [1.29, 1.82) is 0 Å². The quantitative estimate of drug-likeness (QED) is 0.502. The van der Waals surface area contributed by atoms with Gasteiger partial charge in [-0.1, -0.05) is 6.92 Å². The Morgan fingerprint density at radius 2 is 1.63 bits per heavy atom. The molecule has 7 heteroatoms. The van der Waals surface area contributed by atoms with Crippen LogP contribution in [0.3, 0.4) is 0 Å². The summed E-state index contributed by atoms with van der Waals surface area (Å²) in [7, 11) is 0. The zero-order chi connectivity index (χ0) is 21.3. The number of likely N-dealkylation sites (tertiary alicyclic amines) is 2. The normalized spacial score (nSPS) is 23.8. The van der Waals surface area contributed by atoms with E-state index in [1.807, 2.05) is 4.90 Å². The van der Waals surface area contributed by atoms with Gasteiger partial charge in [-0.05, 0) is 71.5 Å². The summed E-state index contributed by atoms with van der Waals surface area (Å²) in [5.41, 5.74) is 0. The first kappa shape index (κ1) is 23.3.